The number of hydrogen-bond acceptors (Lipinski definition) is 5. The predicted octanol–water partition coefficient (Wildman–Crippen LogP) is 5.05. The number of carbonyl (C=O) groups excluding carboxylic acids is 1. The average Bonchev–Trinajstić information content (AvgIpc) is 2.70. The standard InChI is InChI=1S/C17H20BClF3NO3S/c1-10(24)27-9-12(18-25-15(2,3)16(4,5)26-18)6-11-7-14(19)23-8-13(11)17(20,21)22/h6-8H,9H2,1-5H3. The van der Waals surface area contributed by atoms with Gasteiger partial charge in [0, 0.05) is 18.9 Å². The minimum Gasteiger partial charge on any atom is -0.400 e. The van der Waals surface area contributed by atoms with Crippen molar-refractivity contribution in [3.05, 3.63) is 34.0 Å². The van der Waals surface area contributed by atoms with Crippen LogP contribution in [0.2, 0.25) is 5.15 Å². The summed E-state index contributed by atoms with van der Waals surface area (Å²) in [6.07, 6.45) is -2.60. The lowest BCUT2D eigenvalue weighted by molar-refractivity contribution is -0.138. The van der Waals surface area contributed by atoms with Crippen LogP contribution in [0.15, 0.2) is 17.7 Å². The molecule has 2 heterocycles. The fourth-order valence-electron chi connectivity index (χ4n) is 2.36. The van der Waals surface area contributed by atoms with Crippen molar-refractivity contribution in [3.8, 4) is 0 Å². The van der Waals surface area contributed by atoms with Gasteiger partial charge in [0.25, 0.3) is 0 Å². The molecule has 0 unspecified atom stereocenters. The van der Waals surface area contributed by atoms with Crippen LogP contribution in [0, 0.1) is 0 Å². The number of pyridine rings is 1. The molecule has 1 aliphatic rings. The monoisotopic (exact) mass is 421 g/mol. The van der Waals surface area contributed by atoms with Crippen molar-refractivity contribution < 1.29 is 27.3 Å². The first kappa shape index (κ1) is 22.3. The third kappa shape index (κ3) is 5.28. The zero-order chi connectivity index (χ0) is 20.6. The van der Waals surface area contributed by atoms with Crippen LogP contribution in [0.25, 0.3) is 6.08 Å². The van der Waals surface area contributed by atoms with E-state index < -0.39 is 30.1 Å². The van der Waals surface area contributed by atoms with E-state index in [1.165, 1.54) is 13.0 Å². The van der Waals surface area contributed by atoms with E-state index in [-0.39, 0.29) is 21.6 Å². The Labute approximate surface area is 166 Å². The number of carbonyl (C=O) groups is 1. The zero-order valence-corrected chi connectivity index (χ0v) is 17.2. The number of hydrogen-bond donors (Lipinski definition) is 0. The Morgan fingerprint density at radius 1 is 1.30 bits per heavy atom. The molecule has 4 nitrogen and oxygen atoms in total. The van der Waals surface area contributed by atoms with Crippen molar-refractivity contribution in [2.75, 3.05) is 5.75 Å². The molecule has 2 rings (SSSR count). The van der Waals surface area contributed by atoms with Crippen LogP contribution < -0.4 is 0 Å². The van der Waals surface area contributed by atoms with Crippen LogP contribution in [0.3, 0.4) is 0 Å². The average molecular weight is 422 g/mol. The molecule has 0 bridgehead atoms. The minimum absolute atomic E-state index is 0.0678. The van der Waals surface area contributed by atoms with Crippen molar-refractivity contribution in [3.63, 3.8) is 0 Å². The lowest BCUT2D eigenvalue weighted by Gasteiger charge is -2.32. The Morgan fingerprint density at radius 2 is 1.85 bits per heavy atom. The molecule has 0 aromatic carbocycles. The summed E-state index contributed by atoms with van der Waals surface area (Å²) in [7, 11) is -0.880. The number of alkyl halides is 3. The number of rotatable bonds is 4. The summed E-state index contributed by atoms with van der Waals surface area (Å²) in [5, 5.41) is -0.233. The van der Waals surface area contributed by atoms with Crippen molar-refractivity contribution in [2.45, 2.75) is 52.0 Å². The van der Waals surface area contributed by atoms with E-state index >= 15 is 0 Å². The van der Waals surface area contributed by atoms with Gasteiger partial charge in [-0.15, -0.1) is 0 Å². The second kappa shape index (κ2) is 7.77. The highest BCUT2D eigenvalue weighted by Gasteiger charge is 2.52. The second-order valence-corrected chi connectivity index (χ2v) is 8.72. The van der Waals surface area contributed by atoms with Crippen molar-refractivity contribution in [2.24, 2.45) is 0 Å². The molecular weight excluding hydrogens is 402 g/mol. The van der Waals surface area contributed by atoms with Gasteiger partial charge in [-0.05, 0) is 44.8 Å². The molecule has 0 aliphatic carbocycles. The van der Waals surface area contributed by atoms with Crippen LogP contribution in [0.1, 0.15) is 45.7 Å². The molecule has 148 valence electrons. The van der Waals surface area contributed by atoms with E-state index in [9.17, 15) is 18.0 Å². The van der Waals surface area contributed by atoms with Gasteiger partial charge in [0.1, 0.15) is 5.15 Å². The topological polar surface area (TPSA) is 48.4 Å². The highest BCUT2D eigenvalue weighted by Crippen LogP contribution is 2.40. The lowest BCUT2D eigenvalue weighted by Crippen LogP contribution is -2.41. The Balaban J connectivity index is 2.50. The predicted molar refractivity (Wildman–Crippen MR) is 101 cm³/mol. The molecule has 0 radical (unpaired) electrons. The second-order valence-electron chi connectivity index (χ2n) is 7.18. The number of halogens is 4. The fourth-order valence-corrected chi connectivity index (χ4v) is 3.11. The molecule has 0 atom stereocenters. The molecule has 0 amide bonds. The molecule has 10 heteroatoms. The van der Waals surface area contributed by atoms with E-state index in [1.807, 2.05) is 27.7 Å². The highest BCUT2D eigenvalue weighted by atomic mass is 35.5. The normalized spacial score (nSPS) is 19.4. The van der Waals surface area contributed by atoms with Gasteiger partial charge < -0.3 is 9.31 Å². The van der Waals surface area contributed by atoms with Gasteiger partial charge in [0.15, 0.2) is 5.12 Å². The molecule has 1 aliphatic heterocycles. The summed E-state index contributed by atoms with van der Waals surface area (Å²) in [5.74, 6) is 0.128. The summed E-state index contributed by atoms with van der Waals surface area (Å²) < 4.78 is 51.9. The first-order chi connectivity index (χ1) is 12.2. The molecule has 1 aromatic rings. The van der Waals surface area contributed by atoms with Gasteiger partial charge >= 0.3 is 13.3 Å². The van der Waals surface area contributed by atoms with E-state index in [0.29, 0.717) is 11.7 Å². The largest absolute Gasteiger partial charge is 0.491 e. The van der Waals surface area contributed by atoms with Crippen LogP contribution in [0.5, 0.6) is 0 Å². The fraction of sp³-hybridized carbons (Fsp3) is 0.529. The Bertz CT molecular complexity index is 752. The van der Waals surface area contributed by atoms with Gasteiger partial charge in [-0.1, -0.05) is 29.4 Å². The first-order valence-electron chi connectivity index (χ1n) is 8.15. The van der Waals surface area contributed by atoms with E-state index in [0.717, 1.165) is 17.8 Å². The van der Waals surface area contributed by atoms with Crippen LogP contribution in [0.4, 0.5) is 13.2 Å². The summed E-state index contributed by atoms with van der Waals surface area (Å²) in [6.45, 7) is 8.75. The zero-order valence-electron chi connectivity index (χ0n) is 15.6. The van der Waals surface area contributed by atoms with Crippen molar-refractivity contribution in [1.82, 2.24) is 4.98 Å². The Kier molecular flexibility index (Phi) is 6.41. The van der Waals surface area contributed by atoms with Crippen molar-refractivity contribution in [1.29, 1.82) is 0 Å². The number of aromatic nitrogens is 1. The maximum absolute atomic E-state index is 13.3. The van der Waals surface area contributed by atoms with Crippen LogP contribution >= 0.6 is 23.4 Å². The summed E-state index contributed by atoms with van der Waals surface area (Å²) in [4.78, 5) is 14.9. The quantitative estimate of drug-likeness (QED) is 0.503. The highest BCUT2D eigenvalue weighted by molar-refractivity contribution is 8.13. The Hall–Kier alpha value is -1.03. The van der Waals surface area contributed by atoms with E-state index in [4.69, 9.17) is 20.9 Å². The van der Waals surface area contributed by atoms with Gasteiger partial charge in [-0.2, -0.15) is 13.2 Å². The third-order valence-electron chi connectivity index (χ3n) is 4.55. The number of nitrogens with zero attached hydrogens (tertiary/aromatic N) is 1. The SMILES string of the molecule is CC(=O)SCC(=Cc1cc(Cl)ncc1C(F)(F)F)B1OC(C)(C)C(C)(C)O1. The van der Waals surface area contributed by atoms with E-state index in [1.54, 1.807) is 0 Å². The third-order valence-corrected chi connectivity index (χ3v) is 5.64. The first-order valence-corrected chi connectivity index (χ1v) is 9.51. The van der Waals surface area contributed by atoms with E-state index in [2.05, 4.69) is 4.98 Å². The van der Waals surface area contributed by atoms with Gasteiger partial charge in [0.2, 0.25) is 0 Å². The number of thioether (sulfide) groups is 1. The lowest BCUT2D eigenvalue weighted by atomic mass is 9.78. The maximum Gasteiger partial charge on any atom is 0.491 e. The molecule has 1 aromatic heterocycles. The molecule has 27 heavy (non-hydrogen) atoms. The molecule has 0 N–H and O–H groups in total. The van der Waals surface area contributed by atoms with Crippen molar-refractivity contribution >= 4 is 41.7 Å². The molecule has 0 spiro atoms. The van der Waals surface area contributed by atoms with Crippen LogP contribution in [-0.2, 0) is 20.3 Å². The summed E-state index contributed by atoms with van der Waals surface area (Å²) >= 11 is 6.76. The maximum atomic E-state index is 13.3. The molecule has 0 saturated carbocycles. The van der Waals surface area contributed by atoms with Gasteiger partial charge in [-0.25, -0.2) is 4.98 Å². The van der Waals surface area contributed by atoms with Crippen LogP contribution in [-0.4, -0.2) is 34.2 Å². The smallest absolute Gasteiger partial charge is 0.400 e. The molecular formula is C17H20BClF3NO3S. The Morgan fingerprint density at radius 3 is 2.33 bits per heavy atom. The van der Waals surface area contributed by atoms with Gasteiger partial charge in [-0.3, -0.25) is 4.79 Å². The molecule has 1 saturated heterocycles. The summed E-state index contributed by atoms with van der Waals surface area (Å²) in [6, 6.07) is 1.13. The summed E-state index contributed by atoms with van der Waals surface area (Å²) in [5.41, 5.74) is -2.01. The molecule has 1 fully saturated rings. The van der Waals surface area contributed by atoms with Gasteiger partial charge in [0.05, 0.1) is 16.8 Å². The minimum atomic E-state index is -4.60.